The molecule has 0 aliphatic rings. The Morgan fingerprint density at radius 3 is 2.68 bits per heavy atom. The SMILES string of the molecule is Cc1ccc(/C=N\NC(=O)CSc2ncccn2)c(C)c1C. The molecule has 1 heterocycles. The fourth-order valence-electron chi connectivity index (χ4n) is 1.81. The number of benzene rings is 1. The first-order valence-electron chi connectivity index (χ1n) is 6.86. The summed E-state index contributed by atoms with van der Waals surface area (Å²) < 4.78 is 0. The second-order valence-corrected chi connectivity index (χ2v) is 5.78. The van der Waals surface area contributed by atoms with Gasteiger partial charge in [0.2, 0.25) is 0 Å². The van der Waals surface area contributed by atoms with Crippen molar-refractivity contribution in [3.05, 3.63) is 52.8 Å². The van der Waals surface area contributed by atoms with Crippen LogP contribution in [0.1, 0.15) is 22.3 Å². The Morgan fingerprint density at radius 1 is 1.23 bits per heavy atom. The fourth-order valence-corrected chi connectivity index (χ4v) is 2.41. The molecule has 1 aromatic heterocycles. The maximum absolute atomic E-state index is 11.7. The van der Waals surface area contributed by atoms with Crippen molar-refractivity contribution in [2.45, 2.75) is 25.9 Å². The number of aromatic nitrogens is 2. The standard InChI is InChI=1S/C16H18N4OS/c1-11-5-6-14(13(3)12(11)2)9-19-20-15(21)10-22-16-17-7-4-8-18-16/h4-9H,10H2,1-3H3,(H,20,21)/b19-9-. The van der Waals surface area contributed by atoms with Gasteiger partial charge in [-0.3, -0.25) is 4.79 Å². The van der Waals surface area contributed by atoms with Crippen LogP contribution in [0.2, 0.25) is 0 Å². The molecule has 6 heteroatoms. The fraction of sp³-hybridized carbons (Fsp3) is 0.250. The van der Waals surface area contributed by atoms with Gasteiger partial charge in [-0.1, -0.05) is 23.9 Å². The smallest absolute Gasteiger partial charge is 0.250 e. The number of carbonyl (C=O) groups is 1. The van der Waals surface area contributed by atoms with Crippen LogP contribution in [0.25, 0.3) is 0 Å². The molecular weight excluding hydrogens is 296 g/mol. The van der Waals surface area contributed by atoms with E-state index in [1.807, 2.05) is 19.1 Å². The van der Waals surface area contributed by atoms with Crippen molar-refractivity contribution in [2.75, 3.05) is 5.75 Å². The number of hydrogen-bond donors (Lipinski definition) is 1. The lowest BCUT2D eigenvalue weighted by Gasteiger charge is -2.07. The zero-order valence-electron chi connectivity index (χ0n) is 12.8. The molecule has 0 fully saturated rings. The highest BCUT2D eigenvalue weighted by Crippen LogP contribution is 2.15. The summed E-state index contributed by atoms with van der Waals surface area (Å²) in [6.45, 7) is 6.21. The first-order valence-corrected chi connectivity index (χ1v) is 7.85. The normalized spacial score (nSPS) is 10.9. The number of carbonyl (C=O) groups excluding carboxylic acids is 1. The first-order chi connectivity index (χ1) is 10.6. The summed E-state index contributed by atoms with van der Waals surface area (Å²) in [6, 6.07) is 5.79. The number of amides is 1. The molecule has 0 bridgehead atoms. The van der Waals surface area contributed by atoms with Gasteiger partial charge in [0.15, 0.2) is 5.16 Å². The van der Waals surface area contributed by atoms with Gasteiger partial charge in [0, 0.05) is 12.4 Å². The predicted molar refractivity (Wildman–Crippen MR) is 89.1 cm³/mol. The molecular formula is C16H18N4OS. The van der Waals surface area contributed by atoms with Gasteiger partial charge in [-0.25, -0.2) is 15.4 Å². The minimum Gasteiger partial charge on any atom is -0.272 e. The Hall–Kier alpha value is -2.21. The van der Waals surface area contributed by atoms with Crippen molar-refractivity contribution >= 4 is 23.9 Å². The van der Waals surface area contributed by atoms with Gasteiger partial charge >= 0.3 is 0 Å². The summed E-state index contributed by atoms with van der Waals surface area (Å²) in [4.78, 5) is 19.8. The molecule has 5 nitrogen and oxygen atoms in total. The van der Waals surface area contributed by atoms with E-state index in [2.05, 4.69) is 34.3 Å². The molecule has 114 valence electrons. The molecule has 0 aliphatic carbocycles. The van der Waals surface area contributed by atoms with Crippen LogP contribution in [0.5, 0.6) is 0 Å². The molecule has 2 rings (SSSR count). The average Bonchev–Trinajstić information content (AvgIpc) is 2.54. The lowest BCUT2D eigenvalue weighted by Crippen LogP contribution is -2.19. The minimum absolute atomic E-state index is 0.185. The predicted octanol–water partition coefficient (Wildman–Crippen LogP) is 2.64. The molecule has 0 atom stereocenters. The number of thioether (sulfide) groups is 1. The molecule has 0 aliphatic heterocycles. The minimum atomic E-state index is -0.185. The van der Waals surface area contributed by atoms with E-state index in [4.69, 9.17) is 0 Å². The number of hydrogen-bond acceptors (Lipinski definition) is 5. The van der Waals surface area contributed by atoms with Crippen LogP contribution in [0, 0.1) is 20.8 Å². The summed E-state index contributed by atoms with van der Waals surface area (Å²) in [5.41, 5.74) is 7.18. The van der Waals surface area contributed by atoms with Crippen LogP contribution in [0.15, 0.2) is 40.9 Å². The van der Waals surface area contributed by atoms with E-state index in [1.165, 1.54) is 28.5 Å². The van der Waals surface area contributed by atoms with Crippen LogP contribution in [0.4, 0.5) is 0 Å². The van der Waals surface area contributed by atoms with Gasteiger partial charge in [0.25, 0.3) is 5.91 Å². The lowest BCUT2D eigenvalue weighted by atomic mass is 10.00. The number of nitrogens with zero attached hydrogens (tertiary/aromatic N) is 3. The molecule has 2 aromatic rings. The Kier molecular flexibility index (Phi) is 5.66. The van der Waals surface area contributed by atoms with Gasteiger partial charge < -0.3 is 0 Å². The highest BCUT2D eigenvalue weighted by molar-refractivity contribution is 7.99. The first kappa shape index (κ1) is 16.2. The van der Waals surface area contributed by atoms with E-state index in [-0.39, 0.29) is 11.7 Å². The summed E-state index contributed by atoms with van der Waals surface area (Å²) in [5, 5.41) is 4.58. The molecule has 0 saturated carbocycles. The number of hydrazone groups is 1. The molecule has 1 N–H and O–H groups in total. The second-order valence-electron chi connectivity index (χ2n) is 4.83. The van der Waals surface area contributed by atoms with E-state index < -0.39 is 0 Å². The van der Waals surface area contributed by atoms with Crippen molar-refractivity contribution in [3.8, 4) is 0 Å². The summed E-state index contributed by atoms with van der Waals surface area (Å²) in [7, 11) is 0. The summed E-state index contributed by atoms with van der Waals surface area (Å²) >= 11 is 1.27. The molecule has 1 aromatic carbocycles. The molecule has 22 heavy (non-hydrogen) atoms. The second kappa shape index (κ2) is 7.70. The van der Waals surface area contributed by atoms with Crippen molar-refractivity contribution < 1.29 is 4.79 Å². The molecule has 0 radical (unpaired) electrons. The highest BCUT2D eigenvalue weighted by Gasteiger charge is 2.04. The van der Waals surface area contributed by atoms with Crippen molar-refractivity contribution in [2.24, 2.45) is 5.10 Å². The third-order valence-corrected chi connectivity index (χ3v) is 4.24. The third-order valence-electron chi connectivity index (χ3n) is 3.37. The van der Waals surface area contributed by atoms with Gasteiger partial charge in [0.1, 0.15) is 0 Å². The van der Waals surface area contributed by atoms with Crippen LogP contribution in [0.3, 0.4) is 0 Å². The van der Waals surface area contributed by atoms with E-state index in [0.29, 0.717) is 5.16 Å². The van der Waals surface area contributed by atoms with E-state index in [0.717, 1.165) is 5.56 Å². The van der Waals surface area contributed by atoms with Crippen molar-refractivity contribution in [3.63, 3.8) is 0 Å². The molecule has 0 spiro atoms. The maximum atomic E-state index is 11.7. The zero-order valence-corrected chi connectivity index (χ0v) is 13.6. The Bertz CT molecular complexity index is 686. The summed E-state index contributed by atoms with van der Waals surface area (Å²) in [5.74, 6) is 0.0444. The summed E-state index contributed by atoms with van der Waals surface area (Å²) in [6.07, 6.45) is 4.96. The number of rotatable bonds is 5. The Balaban J connectivity index is 1.87. The zero-order chi connectivity index (χ0) is 15.9. The largest absolute Gasteiger partial charge is 0.272 e. The Morgan fingerprint density at radius 2 is 1.95 bits per heavy atom. The van der Waals surface area contributed by atoms with E-state index >= 15 is 0 Å². The Labute approximate surface area is 134 Å². The van der Waals surface area contributed by atoms with Crippen molar-refractivity contribution in [1.82, 2.24) is 15.4 Å². The van der Waals surface area contributed by atoms with Gasteiger partial charge in [0.05, 0.1) is 12.0 Å². The van der Waals surface area contributed by atoms with E-state index in [1.54, 1.807) is 24.7 Å². The topological polar surface area (TPSA) is 67.2 Å². The number of aryl methyl sites for hydroxylation is 1. The van der Waals surface area contributed by atoms with Gasteiger partial charge in [-0.05, 0) is 49.1 Å². The maximum Gasteiger partial charge on any atom is 0.250 e. The van der Waals surface area contributed by atoms with Crippen LogP contribution in [-0.4, -0.2) is 27.8 Å². The lowest BCUT2D eigenvalue weighted by molar-refractivity contribution is -0.118. The van der Waals surface area contributed by atoms with Crippen molar-refractivity contribution in [1.29, 1.82) is 0 Å². The van der Waals surface area contributed by atoms with Crippen LogP contribution in [-0.2, 0) is 4.79 Å². The monoisotopic (exact) mass is 314 g/mol. The quantitative estimate of drug-likeness (QED) is 0.399. The third kappa shape index (κ3) is 4.39. The van der Waals surface area contributed by atoms with E-state index in [9.17, 15) is 4.79 Å². The van der Waals surface area contributed by atoms with Gasteiger partial charge in [-0.2, -0.15) is 5.10 Å². The highest BCUT2D eigenvalue weighted by atomic mass is 32.2. The number of nitrogens with one attached hydrogen (secondary N) is 1. The molecule has 0 saturated heterocycles. The molecule has 1 amide bonds. The van der Waals surface area contributed by atoms with Crippen LogP contribution >= 0.6 is 11.8 Å². The molecule has 0 unspecified atom stereocenters. The van der Waals surface area contributed by atoms with Crippen LogP contribution < -0.4 is 5.43 Å². The van der Waals surface area contributed by atoms with Gasteiger partial charge in [-0.15, -0.1) is 0 Å². The average molecular weight is 314 g/mol.